The lowest BCUT2D eigenvalue weighted by molar-refractivity contribution is -0.193. The Balaban J connectivity index is 1.95. The van der Waals surface area contributed by atoms with Gasteiger partial charge in [0.15, 0.2) is 5.79 Å². The van der Waals surface area contributed by atoms with E-state index in [0.717, 1.165) is 25.0 Å². The molecule has 4 nitrogen and oxygen atoms in total. The van der Waals surface area contributed by atoms with E-state index in [2.05, 4.69) is 4.98 Å². The van der Waals surface area contributed by atoms with Crippen LogP contribution >= 0.6 is 11.6 Å². The average molecular weight is 269 g/mol. The first-order valence-corrected chi connectivity index (χ1v) is 6.73. The maximum atomic E-state index is 6.08. The number of aromatic nitrogens is 1. The first-order valence-electron chi connectivity index (χ1n) is 6.35. The third-order valence-electron chi connectivity index (χ3n) is 3.80. The molecule has 1 saturated heterocycles. The van der Waals surface area contributed by atoms with Gasteiger partial charge >= 0.3 is 0 Å². The van der Waals surface area contributed by atoms with Gasteiger partial charge in [0.2, 0.25) is 0 Å². The van der Waals surface area contributed by atoms with Crippen molar-refractivity contribution in [2.75, 3.05) is 13.2 Å². The van der Waals surface area contributed by atoms with Crippen LogP contribution in [0.15, 0.2) is 18.2 Å². The lowest BCUT2D eigenvalue weighted by Gasteiger charge is -2.41. The van der Waals surface area contributed by atoms with E-state index in [1.807, 2.05) is 12.1 Å². The molecule has 0 bridgehead atoms. The molecule has 2 aliphatic rings. The summed E-state index contributed by atoms with van der Waals surface area (Å²) >= 11 is 5.97. The quantitative estimate of drug-likeness (QED) is 0.793. The van der Waals surface area contributed by atoms with E-state index in [9.17, 15) is 0 Å². The Bertz CT molecular complexity index is 435. The molecule has 1 spiro atoms. The van der Waals surface area contributed by atoms with Crippen LogP contribution in [0.4, 0.5) is 0 Å². The minimum atomic E-state index is -0.534. The zero-order valence-electron chi connectivity index (χ0n) is 10.1. The molecule has 5 heteroatoms. The summed E-state index contributed by atoms with van der Waals surface area (Å²) in [6, 6.07) is 5.83. The molecule has 1 aliphatic heterocycles. The van der Waals surface area contributed by atoms with Gasteiger partial charge in [-0.25, -0.2) is 4.98 Å². The van der Waals surface area contributed by atoms with Gasteiger partial charge in [-0.05, 0) is 25.0 Å². The van der Waals surface area contributed by atoms with Crippen molar-refractivity contribution in [1.29, 1.82) is 0 Å². The molecule has 2 heterocycles. The molecule has 1 aromatic rings. The van der Waals surface area contributed by atoms with E-state index in [1.165, 1.54) is 0 Å². The molecule has 2 atom stereocenters. The normalized spacial score (nSPS) is 30.8. The van der Waals surface area contributed by atoms with Crippen molar-refractivity contribution in [2.45, 2.75) is 37.0 Å². The fourth-order valence-electron chi connectivity index (χ4n) is 2.94. The highest BCUT2D eigenvalue weighted by Gasteiger charge is 2.48. The van der Waals surface area contributed by atoms with Gasteiger partial charge in [0, 0.05) is 12.5 Å². The first-order chi connectivity index (χ1) is 8.70. The molecule has 1 aliphatic carbocycles. The van der Waals surface area contributed by atoms with Gasteiger partial charge < -0.3 is 15.2 Å². The number of halogens is 1. The van der Waals surface area contributed by atoms with Crippen molar-refractivity contribution in [3.63, 3.8) is 0 Å². The Morgan fingerprint density at radius 1 is 1.33 bits per heavy atom. The molecule has 1 unspecified atom stereocenters. The van der Waals surface area contributed by atoms with Gasteiger partial charge in [-0.3, -0.25) is 0 Å². The lowest BCUT2D eigenvalue weighted by Crippen LogP contribution is -2.46. The molecule has 18 heavy (non-hydrogen) atoms. The van der Waals surface area contributed by atoms with Crippen LogP contribution in [0, 0.1) is 0 Å². The third kappa shape index (κ3) is 2.14. The SMILES string of the molecule is N[C@H]1CCC2(OCCO2)C(c2cccc(Cl)n2)C1. The molecule has 0 radical (unpaired) electrons. The molecule has 2 N–H and O–H groups in total. The molecule has 2 fully saturated rings. The molecular formula is C13H17ClN2O2. The standard InChI is InChI=1S/C13H17ClN2O2/c14-12-3-1-2-11(16-12)10-8-9(15)4-5-13(10)17-6-7-18-13/h1-3,9-10H,4-8,15H2/t9-,10?/m0/s1. The van der Waals surface area contributed by atoms with Crippen LogP contribution in [-0.4, -0.2) is 30.0 Å². The van der Waals surface area contributed by atoms with Crippen LogP contribution in [-0.2, 0) is 9.47 Å². The topological polar surface area (TPSA) is 57.4 Å². The largest absolute Gasteiger partial charge is 0.347 e. The summed E-state index contributed by atoms with van der Waals surface area (Å²) in [5.74, 6) is -0.462. The maximum absolute atomic E-state index is 6.08. The number of hydrogen-bond acceptors (Lipinski definition) is 4. The summed E-state index contributed by atoms with van der Waals surface area (Å²) in [6.45, 7) is 1.29. The van der Waals surface area contributed by atoms with Crippen molar-refractivity contribution >= 4 is 11.6 Å². The second-order valence-corrected chi connectivity index (χ2v) is 5.37. The van der Waals surface area contributed by atoms with Crippen LogP contribution in [0.2, 0.25) is 5.15 Å². The molecule has 0 amide bonds. The summed E-state index contributed by atoms with van der Waals surface area (Å²) in [6.07, 6.45) is 2.58. The van der Waals surface area contributed by atoms with Crippen LogP contribution in [0.1, 0.15) is 30.9 Å². The number of rotatable bonds is 1. The molecular weight excluding hydrogens is 252 g/mol. The van der Waals surface area contributed by atoms with E-state index in [0.29, 0.717) is 18.4 Å². The monoisotopic (exact) mass is 268 g/mol. The molecule has 1 aromatic heterocycles. The summed E-state index contributed by atoms with van der Waals surface area (Å²) in [5, 5.41) is 0.500. The Kier molecular flexibility index (Phi) is 3.28. The van der Waals surface area contributed by atoms with Crippen LogP contribution in [0.25, 0.3) is 0 Å². The van der Waals surface area contributed by atoms with E-state index in [4.69, 9.17) is 26.8 Å². The van der Waals surface area contributed by atoms with E-state index < -0.39 is 5.79 Å². The first kappa shape index (κ1) is 12.4. The molecule has 3 rings (SSSR count). The van der Waals surface area contributed by atoms with Crippen molar-refractivity contribution in [3.8, 4) is 0 Å². The van der Waals surface area contributed by atoms with Crippen molar-refractivity contribution < 1.29 is 9.47 Å². The minimum absolute atomic E-state index is 0.0717. The highest BCUT2D eigenvalue weighted by molar-refractivity contribution is 6.29. The van der Waals surface area contributed by atoms with Crippen molar-refractivity contribution in [3.05, 3.63) is 29.0 Å². The fraction of sp³-hybridized carbons (Fsp3) is 0.615. The number of nitrogens with two attached hydrogens (primary N) is 1. The Morgan fingerprint density at radius 3 is 2.83 bits per heavy atom. The molecule has 1 saturated carbocycles. The van der Waals surface area contributed by atoms with Crippen LogP contribution in [0.5, 0.6) is 0 Å². The highest BCUT2D eigenvalue weighted by atomic mass is 35.5. The number of hydrogen-bond donors (Lipinski definition) is 1. The third-order valence-corrected chi connectivity index (χ3v) is 4.01. The highest BCUT2D eigenvalue weighted by Crippen LogP contribution is 2.45. The zero-order valence-corrected chi connectivity index (χ0v) is 10.9. The summed E-state index contributed by atoms with van der Waals surface area (Å²) in [5.41, 5.74) is 7.00. The Hall–Kier alpha value is -0.680. The number of ether oxygens (including phenoxy) is 2. The van der Waals surface area contributed by atoms with Gasteiger partial charge in [-0.15, -0.1) is 0 Å². The lowest BCUT2D eigenvalue weighted by atomic mass is 9.78. The zero-order chi connectivity index (χ0) is 12.6. The van der Waals surface area contributed by atoms with E-state index >= 15 is 0 Å². The Labute approximate surface area is 111 Å². The second-order valence-electron chi connectivity index (χ2n) is 4.98. The van der Waals surface area contributed by atoms with Crippen molar-refractivity contribution in [2.24, 2.45) is 5.73 Å². The van der Waals surface area contributed by atoms with Crippen LogP contribution < -0.4 is 5.73 Å². The van der Waals surface area contributed by atoms with E-state index in [1.54, 1.807) is 6.07 Å². The van der Waals surface area contributed by atoms with E-state index in [-0.39, 0.29) is 12.0 Å². The molecule has 0 aromatic carbocycles. The van der Waals surface area contributed by atoms with Gasteiger partial charge in [0.1, 0.15) is 5.15 Å². The fourth-order valence-corrected chi connectivity index (χ4v) is 3.11. The summed E-state index contributed by atoms with van der Waals surface area (Å²) in [7, 11) is 0. The van der Waals surface area contributed by atoms with Gasteiger partial charge in [-0.2, -0.15) is 0 Å². The summed E-state index contributed by atoms with van der Waals surface area (Å²) < 4.78 is 11.8. The van der Waals surface area contributed by atoms with Gasteiger partial charge in [0.25, 0.3) is 0 Å². The van der Waals surface area contributed by atoms with Crippen molar-refractivity contribution in [1.82, 2.24) is 4.98 Å². The average Bonchev–Trinajstić information content (AvgIpc) is 2.82. The predicted molar refractivity (Wildman–Crippen MR) is 68.4 cm³/mol. The smallest absolute Gasteiger partial charge is 0.176 e. The maximum Gasteiger partial charge on any atom is 0.176 e. The predicted octanol–water partition coefficient (Wildman–Crippen LogP) is 2.07. The molecule has 98 valence electrons. The second kappa shape index (κ2) is 4.78. The minimum Gasteiger partial charge on any atom is -0.347 e. The van der Waals surface area contributed by atoms with Crippen LogP contribution in [0.3, 0.4) is 0 Å². The number of nitrogens with zero attached hydrogens (tertiary/aromatic N) is 1. The Morgan fingerprint density at radius 2 is 2.11 bits per heavy atom. The number of pyridine rings is 1. The van der Waals surface area contributed by atoms with Gasteiger partial charge in [0.05, 0.1) is 24.8 Å². The van der Waals surface area contributed by atoms with Gasteiger partial charge in [-0.1, -0.05) is 17.7 Å². The summed E-state index contributed by atoms with van der Waals surface area (Å²) in [4.78, 5) is 4.40.